The van der Waals surface area contributed by atoms with Gasteiger partial charge in [0.2, 0.25) is 0 Å². The zero-order valence-electron chi connectivity index (χ0n) is 11.6. The van der Waals surface area contributed by atoms with Gasteiger partial charge in [0.25, 0.3) is 0 Å². The molecule has 21 heavy (non-hydrogen) atoms. The van der Waals surface area contributed by atoms with E-state index in [9.17, 15) is 10.4 Å². The number of aliphatic hydroxyl groups is 1. The molecule has 108 valence electrons. The number of hydrogen-bond acceptors (Lipinski definition) is 6. The van der Waals surface area contributed by atoms with Crippen LogP contribution in [0.2, 0.25) is 0 Å². The second kappa shape index (κ2) is 6.59. The van der Waals surface area contributed by atoms with Crippen LogP contribution >= 0.6 is 0 Å². The van der Waals surface area contributed by atoms with Crippen molar-refractivity contribution in [2.45, 2.75) is 6.92 Å². The van der Waals surface area contributed by atoms with Crippen LogP contribution in [0.3, 0.4) is 0 Å². The lowest BCUT2D eigenvalue weighted by molar-refractivity contribution is 0.311. The first-order valence-corrected chi connectivity index (χ1v) is 6.46. The zero-order valence-corrected chi connectivity index (χ0v) is 11.6. The van der Waals surface area contributed by atoms with E-state index in [4.69, 9.17) is 5.11 Å². The lowest BCUT2D eigenvalue weighted by Crippen LogP contribution is -2.09. The van der Waals surface area contributed by atoms with Crippen molar-refractivity contribution in [3.63, 3.8) is 0 Å². The minimum absolute atomic E-state index is 0.00144. The SMILES string of the molecule is Cc1cc(NCCO)nc(Nc2ccc(O)cc2)c1C#N. The number of aliphatic hydroxyl groups excluding tert-OH is 1. The molecule has 6 heteroatoms. The molecule has 0 saturated heterocycles. The molecule has 0 aliphatic rings. The Kier molecular flexibility index (Phi) is 4.59. The number of hydrogen-bond donors (Lipinski definition) is 4. The van der Waals surface area contributed by atoms with E-state index in [2.05, 4.69) is 21.7 Å². The van der Waals surface area contributed by atoms with Crippen LogP contribution in [0.5, 0.6) is 5.75 Å². The highest BCUT2D eigenvalue weighted by molar-refractivity contribution is 5.67. The maximum absolute atomic E-state index is 9.28. The van der Waals surface area contributed by atoms with Crippen molar-refractivity contribution in [1.82, 2.24) is 4.98 Å². The molecule has 0 aliphatic heterocycles. The summed E-state index contributed by atoms with van der Waals surface area (Å²) in [6.45, 7) is 2.21. The molecule has 2 rings (SSSR count). The van der Waals surface area contributed by atoms with Crippen LogP contribution < -0.4 is 10.6 Å². The highest BCUT2D eigenvalue weighted by atomic mass is 16.3. The number of nitrogens with one attached hydrogen (secondary N) is 2. The summed E-state index contributed by atoms with van der Waals surface area (Å²) in [6.07, 6.45) is 0. The van der Waals surface area contributed by atoms with Crippen LogP contribution in [0, 0.1) is 18.3 Å². The van der Waals surface area contributed by atoms with E-state index >= 15 is 0 Å². The maximum atomic E-state index is 9.28. The molecule has 1 aromatic carbocycles. The fourth-order valence-corrected chi connectivity index (χ4v) is 1.86. The molecule has 1 aromatic heterocycles. The summed E-state index contributed by atoms with van der Waals surface area (Å²) in [4.78, 5) is 4.34. The largest absolute Gasteiger partial charge is 0.508 e. The molecule has 0 fully saturated rings. The van der Waals surface area contributed by atoms with Gasteiger partial charge in [-0.2, -0.15) is 5.26 Å². The highest BCUT2D eigenvalue weighted by Crippen LogP contribution is 2.24. The molecular formula is C15H16N4O2. The summed E-state index contributed by atoms with van der Waals surface area (Å²) in [5.74, 6) is 1.19. The molecule has 0 amide bonds. The fourth-order valence-electron chi connectivity index (χ4n) is 1.86. The number of pyridine rings is 1. The molecule has 0 spiro atoms. The normalized spacial score (nSPS) is 9.95. The predicted molar refractivity (Wildman–Crippen MR) is 80.7 cm³/mol. The van der Waals surface area contributed by atoms with Crippen LogP contribution in [-0.2, 0) is 0 Å². The Morgan fingerprint density at radius 2 is 2.00 bits per heavy atom. The number of nitrogens with zero attached hydrogens (tertiary/aromatic N) is 2. The van der Waals surface area contributed by atoms with E-state index in [0.717, 1.165) is 11.3 Å². The average Bonchev–Trinajstić information content (AvgIpc) is 2.47. The molecular weight excluding hydrogens is 268 g/mol. The van der Waals surface area contributed by atoms with Crippen LogP contribution in [0.15, 0.2) is 30.3 Å². The van der Waals surface area contributed by atoms with Gasteiger partial charge in [0, 0.05) is 12.2 Å². The van der Waals surface area contributed by atoms with Gasteiger partial charge in [0.05, 0.1) is 12.2 Å². The first-order valence-electron chi connectivity index (χ1n) is 6.46. The number of aromatic hydroxyl groups is 1. The number of rotatable bonds is 5. The molecule has 6 nitrogen and oxygen atoms in total. The second-order valence-corrected chi connectivity index (χ2v) is 4.48. The van der Waals surface area contributed by atoms with Crippen LogP contribution in [0.25, 0.3) is 0 Å². The summed E-state index contributed by atoms with van der Waals surface area (Å²) >= 11 is 0. The van der Waals surface area contributed by atoms with Gasteiger partial charge in [-0.25, -0.2) is 4.98 Å². The first kappa shape index (κ1) is 14.6. The molecule has 0 radical (unpaired) electrons. The topological polar surface area (TPSA) is 101 Å². The summed E-state index contributed by atoms with van der Waals surface area (Å²) in [7, 11) is 0. The van der Waals surface area contributed by atoms with Gasteiger partial charge >= 0.3 is 0 Å². The Balaban J connectivity index is 2.33. The molecule has 4 N–H and O–H groups in total. The van der Waals surface area contributed by atoms with Crippen molar-refractivity contribution in [2.24, 2.45) is 0 Å². The Hall–Kier alpha value is -2.78. The quantitative estimate of drug-likeness (QED) is 0.627. The van der Waals surface area contributed by atoms with Crippen LogP contribution in [0.4, 0.5) is 17.3 Å². The number of phenols is 1. The maximum Gasteiger partial charge on any atom is 0.151 e. The monoisotopic (exact) mass is 284 g/mol. The van der Waals surface area contributed by atoms with Gasteiger partial charge in [-0.15, -0.1) is 0 Å². The second-order valence-electron chi connectivity index (χ2n) is 4.48. The van der Waals surface area contributed by atoms with E-state index in [1.54, 1.807) is 30.3 Å². The van der Waals surface area contributed by atoms with E-state index < -0.39 is 0 Å². The molecule has 0 atom stereocenters. The van der Waals surface area contributed by atoms with E-state index in [1.807, 2.05) is 6.92 Å². The van der Waals surface area contributed by atoms with E-state index in [-0.39, 0.29) is 12.4 Å². The standard InChI is InChI=1S/C15H16N4O2/c1-10-8-14(17-6-7-20)19-15(13(10)9-16)18-11-2-4-12(21)5-3-11/h2-5,8,20-21H,6-7H2,1H3,(H2,17,18,19). The Bertz CT molecular complexity index is 663. The van der Waals surface area contributed by atoms with E-state index in [1.165, 1.54) is 0 Å². The van der Waals surface area contributed by atoms with Gasteiger partial charge in [-0.3, -0.25) is 0 Å². The van der Waals surface area contributed by atoms with Crippen molar-refractivity contribution in [3.05, 3.63) is 41.5 Å². The molecule has 0 aliphatic carbocycles. The summed E-state index contributed by atoms with van der Waals surface area (Å²) in [6, 6.07) is 10.4. The van der Waals surface area contributed by atoms with Gasteiger partial charge in [0.1, 0.15) is 17.6 Å². The van der Waals surface area contributed by atoms with Crippen LogP contribution in [-0.4, -0.2) is 28.3 Å². The number of nitriles is 1. The molecule has 0 unspecified atom stereocenters. The third-order valence-electron chi connectivity index (χ3n) is 2.88. The third-order valence-corrected chi connectivity index (χ3v) is 2.88. The molecule has 2 aromatic rings. The number of aromatic nitrogens is 1. The molecule has 0 bridgehead atoms. The average molecular weight is 284 g/mol. The van der Waals surface area contributed by atoms with E-state index in [0.29, 0.717) is 23.7 Å². The fraction of sp³-hybridized carbons (Fsp3) is 0.200. The minimum atomic E-state index is 0.00144. The number of benzene rings is 1. The lowest BCUT2D eigenvalue weighted by atomic mass is 10.1. The highest BCUT2D eigenvalue weighted by Gasteiger charge is 2.10. The van der Waals surface area contributed by atoms with Gasteiger partial charge in [-0.1, -0.05) is 0 Å². The van der Waals surface area contributed by atoms with Crippen molar-refractivity contribution < 1.29 is 10.2 Å². The predicted octanol–water partition coefficient (Wildman–Crippen LogP) is 2.12. The van der Waals surface area contributed by atoms with Crippen LogP contribution in [0.1, 0.15) is 11.1 Å². The zero-order chi connectivity index (χ0) is 15.2. The van der Waals surface area contributed by atoms with Gasteiger partial charge in [0.15, 0.2) is 5.82 Å². The number of aryl methyl sites for hydroxylation is 1. The van der Waals surface area contributed by atoms with Crippen molar-refractivity contribution in [3.8, 4) is 11.8 Å². The summed E-state index contributed by atoms with van der Waals surface area (Å²) in [5, 5.41) is 33.4. The summed E-state index contributed by atoms with van der Waals surface area (Å²) in [5.41, 5.74) is 1.96. The van der Waals surface area contributed by atoms with Crippen molar-refractivity contribution in [2.75, 3.05) is 23.8 Å². The Labute approximate surface area is 122 Å². The van der Waals surface area contributed by atoms with Crippen molar-refractivity contribution in [1.29, 1.82) is 5.26 Å². The Morgan fingerprint density at radius 3 is 2.62 bits per heavy atom. The lowest BCUT2D eigenvalue weighted by Gasteiger charge is -2.12. The molecule has 0 saturated carbocycles. The first-order chi connectivity index (χ1) is 10.1. The third kappa shape index (κ3) is 3.61. The number of phenolic OH excluding ortho intramolecular Hbond substituents is 1. The van der Waals surface area contributed by atoms with Gasteiger partial charge in [-0.05, 0) is 42.8 Å². The van der Waals surface area contributed by atoms with Gasteiger partial charge < -0.3 is 20.8 Å². The Morgan fingerprint density at radius 1 is 1.29 bits per heavy atom. The molecule has 1 heterocycles. The number of anilines is 3. The summed E-state index contributed by atoms with van der Waals surface area (Å²) < 4.78 is 0. The minimum Gasteiger partial charge on any atom is -0.508 e. The van der Waals surface area contributed by atoms with Crippen molar-refractivity contribution >= 4 is 17.3 Å². The smallest absolute Gasteiger partial charge is 0.151 e.